The van der Waals surface area contributed by atoms with E-state index in [1.165, 1.54) is 18.4 Å². The molecule has 1 aromatic carbocycles. The van der Waals surface area contributed by atoms with Crippen LogP contribution in [0.1, 0.15) is 20.8 Å². The number of nitrogens with zero attached hydrogens (tertiary/aromatic N) is 3. The number of hydrogen-bond acceptors (Lipinski definition) is 7. The quantitative estimate of drug-likeness (QED) is 0.475. The van der Waals surface area contributed by atoms with Gasteiger partial charge in [-0.3, -0.25) is 10.1 Å². The molecule has 0 unspecified atom stereocenters. The number of anilines is 1. The van der Waals surface area contributed by atoms with Crippen molar-refractivity contribution in [3.05, 3.63) is 47.1 Å². The Hall–Kier alpha value is -3.53. The maximum atomic E-state index is 12.4. The van der Waals surface area contributed by atoms with E-state index in [2.05, 4.69) is 35.4 Å². The van der Waals surface area contributed by atoms with Crippen molar-refractivity contribution in [2.24, 2.45) is 0 Å². The van der Waals surface area contributed by atoms with Crippen LogP contribution in [-0.2, 0) is 4.74 Å². The largest absolute Gasteiger partial charge is 0.464 e. The zero-order chi connectivity index (χ0) is 18.1. The molecule has 0 atom stereocenters. The van der Waals surface area contributed by atoms with Crippen molar-refractivity contribution in [3.63, 3.8) is 0 Å². The first-order valence-corrected chi connectivity index (χ1v) is 8.36. The molecule has 4 rings (SSSR count). The summed E-state index contributed by atoms with van der Waals surface area (Å²) >= 11 is 1.29. The zero-order valence-corrected chi connectivity index (χ0v) is 14.3. The minimum Gasteiger partial charge on any atom is -0.464 e. The Morgan fingerprint density at radius 3 is 2.88 bits per heavy atom. The van der Waals surface area contributed by atoms with Crippen LogP contribution in [0, 0.1) is 0 Å². The van der Waals surface area contributed by atoms with Crippen LogP contribution >= 0.6 is 11.3 Å². The van der Waals surface area contributed by atoms with E-state index in [-0.39, 0.29) is 5.91 Å². The first kappa shape index (κ1) is 16.0. The Labute approximate surface area is 150 Å². The average molecular weight is 368 g/mol. The molecule has 0 aliphatic rings. The minimum atomic E-state index is -0.455. The number of carbonyl (C=O) groups excluding carboxylic acids is 2. The molecule has 0 aliphatic carbocycles. The van der Waals surface area contributed by atoms with E-state index in [1.807, 2.05) is 0 Å². The Morgan fingerprint density at radius 2 is 2.04 bits per heavy atom. The summed E-state index contributed by atoms with van der Waals surface area (Å²) in [5, 5.41) is 15.4. The lowest BCUT2D eigenvalue weighted by Crippen LogP contribution is -2.11. The second kappa shape index (κ2) is 6.41. The van der Waals surface area contributed by atoms with Gasteiger partial charge in [-0.2, -0.15) is 15.4 Å². The van der Waals surface area contributed by atoms with E-state index >= 15 is 0 Å². The number of carbonyl (C=O) groups is 2. The molecular formula is C16H12N6O3S. The SMILES string of the molecule is COC(=O)c1cc(-c2csc(NC(=O)c3ccc4n[nH]nc4c3)n2)c[nH]1. The number of rotatable bonds is 4. The lowest BCUT2D eigenvalue weighted by molar-refractivity contribution is 0.0594. The molecule has 0 spiro atoms. The van der Waals surface area contributed by atoms with E-state index in [4.69, 9.17) is 0 Å². The first-order chi connectivity index (χ1) is 12.6. The predicted molar refractivity (Wildman–Crippen MR) is 95.1 cm³/mol. The van der Waals surface area contributed by atoms with E-state index in [1.54, 1.807) is 35.8 Å². The summed E-state index contributed by atoms with van der Waals surface area (Å²) in [5.74, 6) is -0.747. The number of aromatic amines is 2. The Kier molecular flexibility index (Phi) is 3.93. The van der Waals surface area contributed by atoms with Gasteiger partial charge in [0.25, 0.3) is 5.91 Å². The highest BCUT2D eigenvalue weighted by Crippen LogP contribution is 2.26. The number of fused-ring (bicyclic) bond motifs is 1. The van der Waals surface area contributed by atoms with E-state index in [9.17, 15) is 9.59 Å². The average Bonchev–Trinajstić information content (AvgIpc) is 3.39. The van der Waals surface area contributed by atoms with Crippen molar-refractivity contribution < 1.29 is 14.3 Å². The highest BCUT2D eigenvalue weighted by Gasteiger charge is 2.14. The summed E-state index contributed by atoms with van der Waals surface area (Å²) in [7, 11) is 1.32. The highest BCUT2D eigenvalue weighted by atomic mass is 32.1. The summed E-state index contributed by atoms with van der Waals surface area (Å²) in [6.07, 6.45) is 1.66. The van der Waals surface area contributed by atoms with E-state index < -0.39 is 5.97 Å². The van der Waals surface area contributed by atoms with Crippen LogP contribution in [0.2, 0.25) is 0 Å². The lowest BCUT2D eigenvalue weighted by atomic mass is 10.2. The van der Waals surface area contributed by atoms with Crippen LogP contribution in [0.4, 0.5) is 5.13 Å². The van der Waals surface area contributed by atoms with Gasteiger partial charge in [-0.05, 0) is 24.3 Å². The minimum absolute atomic E-state index is 0.292. The Balaban J connectivity index is 1.51. The lowest BCUT2D eigenvalue weighted by Gasteiger charge is -2.01. The number of ether oxygens (including phenoxy) is 1. The molecule has 0 radical (unpaired) electrons. The molecule has 0 saturated heterocycles. The maximum absolute atomic E-state index is 12.4. The Bertz CT molecular complexity index is 1110. The first-order valence-electron chi connectivity index (χ1n) is 7.48. The third kappa shape index (κ3) is 2.93. The van der Waals surface area contributed by atoms with Crippen LogP contribution in [0.15, 0.2) is 35.8 Å². The molecule has 9 nitrogen and oxygen atoms in total. The van der Waals surface area contributed by atoms with Gasteiger partial charge < -0.3 is 9.72 Å². The third-order valence-electron chi connectivity index (χ3n) is 3.69. The highest BCUT2D eigenvalue weighted by molar-refractivity contribution is 7.14. The fourth-order valence-electron chi connectivity index (χ4n) is 2.38. The summed E-state index contributed by atoms with van der Waals surface area (Å²) in [6, 6.07) is 6.68. The number of amides is 1. The molecule has 3 aromatic heterocycles. The zero-order valence-electron chi connectivity index (χ0n) is 13.4. The molecule has 3 N–H and O–H groups in total. The van der Waals surface area contributed by atoms with Gasteiger partial charge in [-0.25, -0.2) is 9.78 Å². The second-order valence-electron chi connectivity index (χ2n) is 5.31. The maximum Gasteiger partial charge on any atom is 0.354 e. The van der Waals surface area contributed by atoms with Crippen molar-refractivity contribution in [2.75, 3.05) is 12.4 Å². The van der Waals surface area contributed by atoms with Gasteiger partial charge in [-0.15, -0.1) is 11.3 Å². The van der Waals surface area contributed by atoms with Gasteiger partial charge in [0.05, 0.1) is 12.8 Å². The molecule has 130 valence electrons. The number of benzene rings is 1. The number of nitrogens with one attached hydrogen (secondary N) is 3. The molecule has 4 aromatic rings. The summed E-state index contributed by atoms with van der Waals surface area (Å²) in [4.78, 5) is 31.1. The molecule has 0 fully saturated rings. The number of methoxy groups -OCH3 is 1. The van der Waals surface area contributed by atoms with Crippen LogP contribution in [0.25, 0.3) is 22.3 Å². The van der Waals surface area contributed by atoms with Crippen LogP contribution in [-0.4, -0.2) is 44.4 Å². The van der Waals surface area contributed by atoms with Gasteiger partial charge >= 0.3 is 5.97 Å². The van der Waals surface area contributed by atoms with Gasteiger partial charge in [0.1, 0.15) is 16.7 Å². The topological polar surface area (TPSA) is 126 Å². The van der Waals surface area contributed by atoms with Gasteiger partial charge in [-0.1, -0.05) is 0 Å². The van der Waals surface area contributed by atoms with Crippen molar-refractivity contribution in [2.45, 2.75) is 0 Å². The van der Waals surface area contributed by atoms with Crippen molar-refractivity contribution in [3.8, 4) is 11.3 Å². The van der Waals surface area contributed by atoms with Gasteiger partial charge in [0.15, 0.2) is 5.13 Å². The monoisotopic (exact) mass is 368 g/mol. The number of H-pyrrole nitrogens is 2. The van der Waals surface area contributed by atoms with Crippen LogP contribution < -0.4 is 5.32 Å². The smallest absolute Gasteiger partial charge is 0.354 e. The number of aromatic nitrogens is 5. The third-order valence-corrected chi connectivity index (χ3v) is 4.44. The fraction of sp³-hybridized carbons (Fsp3) is 0.0625. The van der Waals surface area contributed by atoms with Crippen molar-refractivity contribution >= 4 is 39.4 Å². The summed E-state index contributed by atoms with van der Waals surface area (Å²) < 4.78 is 4.66. The number of thiazole rings is 1. The number of esters is 1. The Morgan fingerprint density at radius 1 is 1.19 bits per heavy atom. The predicted octanol–water partition coefficient (Wildman–Crippen LogP) is 2.45. The number of hydrogen-bond donors (Lipinski definition) is 3. The van der Waals surface area contributed by atoms with Crippen LogP contribution in [0.3, 0.4) is 0 Å². The van der Waals surface area contributed by atoms with E-state index in [0.717, 1.165) is 5.56 Å². The molecule has 10 heteroatoms. The molecule has 1 amide bonds. The van der Waals surface area contributed by atoms with E-state index in [0.29, 0.717) is 33.1 Å². The molecule has 3 heterocycles. The van der Waals surface area contributed by atoms with Gasteiger partial charge in [0, 0.05) is 22.7 Å². The van der Waals surface area contributed by atoms with Gasteiger partial charge in [0.2, 0.25) is 0 Å². The van der Waals surface area contributed by atoms with Crippen LogP contribution in [0.5, 0.6) is 0 Å². The summed E-state index contributed by atoms with van der Waals surface area (Å²) in [5.41, 5.74) is 3.46. The molecule has 0 saturated carbocycles. The molecular weight excluding hydrogens is 356 g/mol. The molecule has 0 bridgehead atoms. The standard InChI is InChI=1S/C16H12N6O3S/c1-25-15(24)12-5-9(6-17-12)13-7-26-16(18-13)19-14(23)8-2-3-10-11(4-8)21-22-20-10/h2-7,17H,1H3,(H,18,19,23)(H,20,21,22). The fourth-order valence-corrected chi connectivity index (χ4v) is 3.10. The normalized spacial score (nSPS) is 10.8. The van der Waals surface area contributed by atoms with Crippen molar-refractivity contribution in [1.29, 1.82) is 0 Å². The second-order valence-corrected chi connectivity index (χ2v) is 6.17. The van der Waals surface area contributed by atoms with Crippen molar-refractivity contribution in [1.82, 2.24) is 25.4 Å². The molecule has 0 aliphatic heterocycles. The molecule has 26 heavy (non-hydrogen) atoms. The summed E-state index contributed by atoms with van der Waals surface area (Å²) in [6.45, 7) is 0.